The molecule has 2 aromatic carbocycles. The predicted molar refractivity (Wildman–Crippen MR) is 88.3 cm³/mol. The first kappa shape index (κ1) is 17.2. The Morgan fingerprint density at radius 3 is 1.96 bits per heavy atom. The molecule has 0 N–H and O–H groups in total. The van der Waals surface area contributed by atoms with Crippen LogP contribution in [0.1, 0.15) is 32.1 Å². The van der Waals surface area contributed by atoms with Gasteiger partial charge in [0, 0.05) is 0 Å². The molecule has 132 valence electrons. The number of aromatic nitrogens is 2. The summed E-state index contributed by atoms with van der Waals surface area (Å²) in [5.41, 5.74) is -0.666. The minimum Gasteiger partial charge on any atom is -0.496 e. The van der Waals surface area contributed by atoms with Gasteiger partial charge in [0.05, 0.1) is 30.5 Å². The molecule has 26 heavy (non-hydrogen) atoms. The van der Waals surface area contributed by atoms with Crippen LogP contribution in [-0.4, -0.2) is 30.9 Å². The summed E-state index contributed by atoms with van der Waals surface area (Å²) in [6.45, 7) is 0. The summed E-state index contributed by atoms with van der Waals surface area (Å²) in [5, 5.41) is 15.5. The molecule has 3 rings (SSSR count). The lowest BCUT2D eigenvalue weighted by atomic mass is 10.0. The van der Waals surface area contributed by atoms with Crippen LogP contribution < -0.4 is 14.4 Å². The molecule has 8 heteroatoms. The first-order valence-electron chi connectivity index (χ1n) is 7.53. The van der Waals surface area contributed by atoms with Gasteiger partial charge in [-0.15, -0.1) is 0 Å². The number of methoxy groups -OCH3 is 2. The number of rotatable bonds is 6. The zero-order valence-electron chi connectivity index (χ0n) is 14.0. The topological polar surface area (TPSA) is 106 Å². The Hall–Kier alpha value is -3.68. The fraction of sp³-hybridized carbons (Fsp3) is 0.111. The molecule has 8 nitrogen and oxygen atoms in total. The Labute approximate surface area is 148 Å². The van der Waals surface area contributed by atoms with E-state index in [1.54, 1.807) is 36.4 Å². The molecule has 0 atom stereocenters. The number of ketones is 2. The first-order chi connectivity index (χ1) is 12.6. The quantitative estimate of drug-likeness (QED) is 0.491. The third kappa shape index (κ3) is 2.88. The molecule has 3 aromatic rings. The summed E-state index contributed by atoms with van der Waals surface area (Å²) in [5.74, 6) is -0.862. The Balaban J connectivity index is 2.10. The standard InChI is InChI=1S/C18H14N2O6/c1-24-13-9-5-3-7-11(13)17(21)15-16(20(23)26-19-15)18(22)12-8-4-6-10-14(12)25-2/h3-10H,1-2H3. The molecule has 0 aliphatic rings. The van der Waals surface area contributed by atoms with E-state index in [-0.39, 0.29) is 27.5 Å². The normalized spacial score (nSPS) is 10.4. The van der Waals surface area contributed by atoms with Gasteiger partial charge < -0.3 is 14.7 Å². The molecule has 1 heterocycles. The summed E-state index contributed by atoms with van der Waals surface area (Å²) in [6.07, 6.45) is 0. The van der Waals surface area contributed by atoms with Crippen molar-refractivity contribution in [2.24, 2.45) is 0 Å². The van der Waals surface area contributed by atoms with Gasteiger partial charge in [-0.1, -0.05) is 24.3 Å². The van der Waals surface area contributed by atoms with Gasteiger partial charge >= 0.3 is 0 Å². The zero-order valence-corrected chi connectivity index (χ0v) is 14.0. The number of carbonyl (C=O) groups excluding carboxylic acids is 2. The van der Waals surface area contributed by atoms with Crippen molar-refractivity contribution in [1.29, 1.82) is 0 Å². The lowest BCUT2D eigenvalue weighted by Gasteiger charge is -2.06. The number of hydrogen-bond donors (Lipinski definition) is 0. The monoisotopic (exact) mass is 354 g/mol. The van der Waals surface area contributed by atoms with Gasteiger partial charge in [-0.3, -0.25) is 14.2 Å². The fourth-order valence-electron chi connectivity index (χ4n) is 2.51. The second-order valence-corrected chi connectivity index (χ2v) is 5.19. The Morgan fingerprint density at radius 1 is 0.923 bits per heavy atom. The van der Waals surface area contributed by atoms with Gasteiger partial charge in [0.2, 0.25) is 11.6 Å². The number of hydrogen-bond acceptors (Lipinski definition) is 7. The summed E-state index contributed by atoms with van der Waals surface area (Å²) >= 11 is 0. The minimum absolute atomic E-state index is 0.0859. The summed E-state index contributed by atoms with van der Waals surface area (Å²) < 4.78 is 14.8. The Kier molecular flexibility index (Phi) is 4.66. The van der Waals surface area contributed by atoms with Crippen LogP contribution in [0.25, 0.3) is 0 Å². The van der Waals surface area contributed by atoms with Gasteiger partial charge in [0.1, 0.15) is 11.5 Å². The minimum atomic E-state index is -0.739. The second-order valence-electron chi connectivity index (χ2n) is 5.19. The maximum Gasteiger partial charge on any atom is 0.300 e. The van der Waals surface area contributed by atoms with E-state index < -0.39 is 23.0 Å². The van der Waals surface area contributed by atoms with E-state index in [2.05, 4.69) is 9.79 Å². The van der Waals surface area contributed by atoms with E-state index in [9.17, 15) is 14.8 Å². The number of carbonyl (C=O) groups is 2. The lowest BCUT2D eigenvalue weighted by molar-refractivity contribution is -0.803. The smallest absolute Gasteiger partial charge is 0.300 e. The molecule has 0 unspecified atom stereocenters. The molecule has 0 spiro atoms. The van der Waals surface area contributed by atoms with Crippen LogP contribution in [-0.2, 0) is 0 Å². The van der Waals surface area contributed by atoms with E-state index in [0.717, 1.165) is 0 Å². The molecular formula is C18H14N2O6. The van der Waals surface area contributed by atoms with Crippen LogP contribution >= 0.6 is 0 Å². The van der Waals surface area contributed by atoms with Crippen molar-refractivity contribution in [2.75, 3.05) is 14.2 Å². The zero-order chi connectivity index (χ0) is 18.7. The number of ether oxygens (including phenoxy) is 2. The molecule has 0 amide bonds. The largest absolute Gasteiger partial charge is 0.496 e. The maximum atomic E-state index is 12.8. The van der Waals surface area contributed by atoms with E-state index in [4.69, 9.17) is 9.47 Å². The molecule has 0 saturated carbocycles. The highest BCUT2D eigenvalue weighted by molar-refractivity contribution is 6.18. The highest BCUT2D eigenvalue weighted by atomic mass is 16.8. The summed E-state index contributed by atoms with van der Waals surface area (Å²) in [4.78, 5) is 25.6. The summed E-state index contributed by atoms with van der Waals surface area (Å²) in [7, 11) is 2.80. The van der Waals surface area contributed by atoms with Crippen molar-refractivity contribution in [2.45, 2.75) is 0 Å². The first-order valence-corrected chi connectivity index (χ1v) is 7.53. The van der Waals surface area contributed by atoms with Crippen LogP contribution in [0.5, 0.6) is 11.5 Å². The van der Waals surface area contributed by atoms with Crippen molar-refractivity contribution < 1.29 is 28.6 Å². The van der Waals surface area contributed by atoms with Crippen LogP contribution in [0, 0.1) is 5.21 Å². The molecule has 1 aromatic heterocycles. The van der Waals surface area contributed by atoms with Crippen LogP contribution in [0.3, 0.4) is 0 Å². The Morgan fingerprint density at radius 2 is 1.42 bits per heavy atom. The predicted octanol–water partition coefficient (Wildman–Crippen LogP) is 1.79. The second kappa shape index (κ2) is 7.06. The summed E-state index contributed by atoms with van der Waals surface area (Å²) in [6, 6.07) is 12.7. The van der Waals surface area contributed by atoms with Crippen molar-refractivity contribution in [1.82, 2.24) is 5.16 Å². The Bertz CT molecular complexity index is 979. The van der Waals surface area contributed by atoms with E-state index >= 15 is 0 Å². The molecule has 0 fully saturated rings. The van der Waals surface area contributed by atoms with E-state index in [0.29, 0.717) is 0 Å². The van der Waals surface area contributed by atoms with Gasteiger partial charge in [-0.2, -0.15) is 0 Å². The van der Waals surface area contributed by atoms with Crippen molar-refractivity contribution in [3.63, 3.8) is 0 Å². The van der Waals surface area contributed by atoms with Gasteiger partial charge in [0.15, 0.2) is 0 Å². The molecule has 0 aliphatic carbocycles. The number of nitrogens with zero attached hydrogens (tertiary/aromatic N) is 2. The third-order valence-corrected chi connectivity index (χ3v) is 3.75. The lowest BCUT2D eigenvalue weighted by Crippen LogP contribution is -2.33. The molecule has 0 saturated heterocycles. The molecule has 0 bridgehead atoms. The number of benzene rings is 2. The third-order valence-electron chi connectivity index (χ3n) is 3.75. The highest BCUT2D eigenvalue weighted by Gasteiger charge is 2.35. The number of para-hydroxylation sites is 2. The average molecular weight is 354 g/mol. The average Bonchev–Trinajstić information content (AvgIpc) is 3.08. The van der Waals surface area contributed by atoms with Crippen molar-refractivity contribution in [3.8, 4) is 11.5 Å². The van der Waals surface area contributed by atoms with Gasteiger partial charge in [-0.25, -0.2) is 0 Å². The molecule has 0 aliphatic heterocycles. The molecular weight excluding hydrogens is 340 g/mol. The van der Waals surface area contributed by atoms with E-state index in [1.807, 2.05) is 0 Å². The van der Waals surface area contributed by atoms with Gasteiger partial charge in [-0.05, 0) is 29.2 Å². The van der Waals surface area contributed by atoms with Crippen molar-refractivity contribution >= 4 is 11.6 Å². The van der Waals surface area contributed by atoms with Crippen LogP contribution in [0.15, 0.2) is 53.2 Å². The van der Waals surface area contributed by atoms with Crippen LogP contribution in [0.2, 0.25) is 0 Å². The van der Waals surface area contributed by atoms with E-state index in [1.165, 1.54) is 26.4 Å². The fourth-order valence-corrected chi connectivity index (χ4v) is 2.51. The van der Waals surface area contributed by atoms with Crippen molar-refractivity contribution in [3.05, 3.63) is 76.3 Å². The van der Waals surface area contributed by atoms with Crippen LogP contribution in [0.4, 0.5) is 0 Å². The SMILES string of the molecule is COc1ccccc1C(=O)c1no[n+]([O-])c1C(=O)c1ccccc1OC. The maximum absolute atomic E-state index is 12.8. The highest BCUT2D eigenvalue weighted by Crippen LogP contribution is 2.24. The molecule has 0 radical (unpaired) electrons. The van der Waals surface area contributed by atoms with Gasteiger partial charge in [0.25, 0.3) is 11.4 Å².